The lowest BCUT2D eigenvalue weighted by molar-refractivity contribution is -0.149. The van der Waals surface area contributed by atoms with Crippen LogP contribution in [0.2, 0.25) is 19.6 Å². The number of allylic oxidation sites excluding steroid dienone is 2. The molecule has 158 valence electrons. The van der Waals surface area contributed by atoms with Crippen molar-refractivity contribution in [2.75, 3.05) is 0 Å². The molecular weight excluding hydrogens is 432 g/mol. The molecule has 3 rings (SSSR count). The highest BCUT2D eigenvalue weighted by Crippen LogP contribution is 2.60. The number of cyclic esters (lactones) is 1. The summed E-state index contributed by atoms with van der Waals surface area (Å²) in [6.45, 7) is 13.1. The van der Waals surface area contributed by atoms with Crippen LogP contribution in [-0.2, 0) is 14.0 Å². The van der Waals surface area contributed by atoms with Crippen LogP contribution < -0.4 is 0 Å². The second kappa shape index (κ2) is 8.03. The van der Waals surface area contributed by atoms with Crippen molar-refractivity contribution in [2.45, 2.75) is 91.0 Å². The predicted octanol–water partition coefficient (Wildman–Crippen LogP) is 6.95. The topological polar surface area (TPSA) is 35.5 Å². The van der Waals surface area contributed by atoms with Crippen molar-refractivity contribution in [3.8, 4) is 0 Å². The lowest BCUT2D eigenvalue weighted by Crippen LogP contribution is -2.43. The zero-order valence-corrected chi connectivity index (χ0v) is 21.0. The summed E-state index contributed by atoms with van der Waals surface area (Å²) >= 11 is 3.61. The van der Waals surface area contributed by atoms with E-state index < -0.39 is 13.9 Å². The number of carbonyl (C=O) groups excluding carboxylic acids is 1. The summed E-state index contributed by atoms with van der Waals surface area (Å²) in [4.78, 5) is 14.6. The molecule has 1 heterocycles. The first-order valence-electron chi connectivity index (χ1n) is 10.9. The highest BCUT2D eigenvalue weighted by atomic mass is 79.9. The molecule has 28 heavy (non-hydrogen) atoms. The highest BCUT2D eigenvalue weighted by molar-refractivity contribution is 9.11. The van der Waals surface area contributed by atoms with E-state index in [0.717, 1.165) is 30.4 Å². The monoisotopic (exact) mass is 468 g/mol. The van der Waals surface area contributed by atoms with Crippen LogP contribution in [0.15, 0.2) is 22.4 Å². The van der Waals surface area contributed by atoms with Gasteiger partial charge in [-0.3, -0.25) is 0 Å². The van der Waals surface area contributed by atoms with Gasteiger partial charge in [-0.05, 0) is 99.3 Å². The van der Waals surface area contributed by atoms with Gasteiger partial charge in [0.15, 0.2) is 13.9 Å². The summed E-state index contributed by atoms with van der Waals surface area (Å²) < 4.78 is 11.7. The van der Waals surface area contributed by atoms with E-state index in [9.17, 15) is 4.79 Å². The zero-order chi connectivity index (χ0) is 20.7. The largest absolute Gasteiger partial charge is 0.429 e. The van der Waals surface area contributed by atoms with E-state index in [1.165, 1.54) is 32.1 Å². The van der Waals surface area contributed by atoms with Crippen LogP contribution >= 0.6 is 15.9 Å². The maximum atomic E-state index is 12.4. The SMILES string of the molecule is C[C@H](CCC1=C[C@@](C)(O[Si](C)(C)C)C(=O)O1)[C@H]1CCC2C(=CBr)CCC[C@@]21C. The van der Waals surface area contributed by atoms with Crippen molar-refractivity contribution in [1.29, 1.82) is 0 Å². The van der Waals surface area contributed by atoms with Crippen molar-refractivity contribution >= 4 is 30.2 Å². The summed E-state index contributed by atoms with van der Waals surface area (Å²) in [5.41, 5.74) is 1.15. The molecule has 2 aliphatic carbocycles. The van der Waals surface area contributed by atoms with Gasteiger partial charge in [-0.25, -0.2) is 4.79 Å². The molecule has 0 amide bonds. The molecule has 2 fully saturated rings. The molecule has 0 spiro atoms. The summed E-state index contributed by atoms with van der Waals surface area (Å²) in [6.07, 6.45) is 10.4. The van der Waals surface area contributed by atoms with Crippen LogP contribution in [0.25, 0.3) is 0 Å². The summed E-state index contributed by atoms with van der Waals surface area (Å²) in [5, 5.41) is 0. The van der Waals surface area contributed by atoms with Crippen LogP contribution in [-0.4, -0.2) is 19.9 Å². The Labute approximate surface area is 180 Å². The van der Waals surface area contributed by atoms with Crippen molar-refractivity contribution < 1.29 is 14.0 Å². The third-order valence-electron chi connectivity index (χ3n) is 7.29. The van der Waals surface area contributed by atoms with Gasteiger partial charge in [0.25, 0.3) is 0 Å². The van der Waals surface area contributed by atoms with E-state index >= 15 is 0 Å². The molecule has 3 nitrogen and oxygen atoms in total. The first-order chi connectivity index (χ1) is 13.0. The number of rotatable bonds is 6. The number of fused-ring (bicyclic) bond motifs is 1. The highest BCUT2D eigenvalue weighted by Gasteiger charge is 2.50. The Bertz CT molecular complexity index is 680. The fourth-order valence-electron chi connectivity index (χ4n) is 6.16. The molecule has 1 unspecified atom stereocenters. The predicted molar refractivity (Wildman–Crippen MR) is 121 cm³/mol. The molecule has 0 aromatic rings. The van der Waals surface area contributed by atoms with Crippen LogP contribution in [0.1, 0.15) is 65.7 Å². The lowest BCUT2D eigenvalue weighted by Gasteiger charge is -2.44. The van der Waals surface area contributed by atoms with E-state index in [1.54, 1.807) is 5.57 Å². The normalized spacial score (nSPS) is 38.3. The third-order valence-corrected chi connectivity index (χ3v) is 8.92. The van der Waals surface area contributed by atoms with Crippen molar-refractivity contribution in [3.05, 3.63) is 22.4 Å². The van der Waals surface area contributed by atoms with Gasteiger partial charge in [0.1, 0.15) is 5.76 Å². The molecule has 0 N–H and O–H groups in total. The number of hydrogen-bond acceptors (Lipinski definition) is 3. The summed E-state index contributed by atoms with van der Waals surface area (Å²) in [6, 6.07) is 0. The maximum Gasteiger partial charge on any atom is 0.346 e. The Kier molecular flexibility index (Phi) is 6.40. The number of hydrogen-bond donors (Lipinski definition) is 0. The number of esters is 1. The molecule has 3 aliphatic rings. The van der Waals surface area contributed by atoms with E-state index in [0.29, 0.717) is 11.3 Å². The fourth-order valence-corrected chi connectivity index (χ4v) is 8.13. The Morgan fingerprint density at radius 3 is 2.71 bits per heavy atom. The minimum absolute atomic E-state index is 0.246. The number of carbonyl (C=O) groups is 1. The Morgan fingerprint density at radius 2 is 2.07 bits per heavy atom. The van der Waals surface area contributed by atoms with Crippen molar-refractivity contribution in [1.82, 2.24) is 0 Å². The van der Waals surface area contributed by atoms with Crippen LogP contribution in [0.4, 0.5) is 0 Å². The summed E-state index contributed by atoms with van der Waals surface area (Å²) in [7, 11) is -1.83. The molecular formula is C23H37BrO3Si. The second-order valence-electron chi connectivity index (χ2n) is 10.6. The molecule has 0 saturated heterocycles. The van der Waals surface area contributed by atoms with E-state index in [4.69, 9.17) is 9.16 Å². The maximum absolute atomic E-state index is 12.4. The fraction of sp³-hybridized carbons (Fsp3) is 0.783. The Balaban J connectivity index is 1.63. The molecule has 0 radical (unpaired) electrons. The van der Waals surface area contributed by atoms with Gasteiger partial charge in [-0.2, -0.15) is 0 Å². The molecule has 0 aromatic heterocycles. The van der Waals surface area contributed by atoms with Gasteiger partial charge >= 0.3 is 5.97 Å². The Morgan fingerprint density at radius 1 is 1.36 bits per heavy atom. The number of ether oxygens (including phenoxy) is 1. The minimum atomic E-state index is -1.83. The van der Waals surface area contributed by atoms with E-state index in [-0.39, 0.29) is 5.97 Å². The molecule has 0 aromatic carbocycles. The minimum Gasteiger partial charge on any atom is -0.429 e. The second-order valence-corrected chi connectivity index (χ2v) is 15.5. The average Bonchev–Trinajstić information content (AvgIpc) is 3.07. The smallest absolute Gasteiger partial charge is 0.346 e. The van der Waals surface area contributed by atoms with Crippen LogP contribution in [0, 0.1) is 23.2 Å². The van der Waals surface area contributed by atoms with E-state index in [1.807, 2.05) is 13.0 Å². The zero-order valence-electron chi connectivity index (χ0n) is 18.4. The van der Waals surface area contributed by atoms with Crippen molar-refractivity contribution in [2.24, 2.45) is 23.2 Å². The summed E-state index contributed by atoms with van der Waals surface area (Å²) in [5.74, 6) is 2.69. The van der Waals surface area contributed by atoms with Crippen LogP contribution in [0.5, 0.6) is 0 Å². The van der Waals surface area contributed by atoms with Gasteiger partial charge in [0.05, 0.1) is 0 Å². The molecule has 0 bridgehead atoms. The Hall–Kier alpha value is -0.393. The number of halogens is 1. The average molecular weight is 470 g/mol. The van der Waals surface area contributed by atoms with Crippen LogP contribution in [0.3, 0.4) is 0 Å². The standard InChI is InChI=1S/C23H37BrO3Si/c1-16(19-11-12-20-17(15-24)8-7-13-22(19,20)2)9-10-18-14-23(3,21(25)26-18)27-28(4,5)6/h14-16,19-20H,7-13H2,1-6H3/t16-,19-,20?,22-,23-/m1/s1. The lowest BCUT2D eigenvalue weighted by atomic mass is 9.61. The van der Waals surface area contributed by atoms with E-state index in [2.05, 4.69) is 54.4 Å². The van der Waals surface area contributed by atoms with Gasteiger partial charge in [-0.15, -0.1) is 0 Å². The quantitative estimate of drug-likeness (QED) is 0.312. The van der Waals surface area contributed by atoms with Gasteiger partial charge in [-0.1, -0.05) is 35.4 Å². The molecule has 2 saturated carbocycles. The van der Waals surface area contributed by atoms with Crippen molar-refractivity contribution in [3.63, 3.8) is 0 Å². The van der Waals surface area contributed by atoms with Gasteiger partial charge < -0.3 is 9.16 Å². The first-order valence-corrected chi connectivity index (χ1v) is 15.2. The first kappa shape index (κ1) is 22.3. The van der Waals surface area contributed by atoms with Gasteiger partial charge in [0.2, 0.25) is 0 Å². The van der Waals surface area contributed by atoms with Gasteiger partial charge in [0, 0.05) is 6.42 Å². The molecule has 1 aliphatic heterocycles. The molecule has 5 atom stereocenters. The third kappa shape index (κ3) is 4.36. The molecule has 5 heteroatoms.